The van der Waals surface area contributed by atoms with E-state index in [-0.39, 0.29) is 5.92 Å². The van der Waals surface area contributed by atoms with Crippen molar-refractivity contribution in [3.8, 4) is 6.07 Å². The SMILES string of the molecule is CCCCCCCCCCCCCCCCCc1nc(C(C)C#N)c(C)[nH]1. The van der Waals surface area contributed by atoms with Crippen molar-refractivity contribution in [1.82, 2.24) is 9.97 Å². The quantitative estimate of drug-likeness (QED) is 0.284. The number of H-pyrrole nitrogens is 1. The Morgan fingerprint density at radius 3 is 1.70 bits per heavy atom. The van der Waals surface area contributed by atoms with E-state index >= 15 is 0 Å². The van der Waals surface area contributed by atoms with Crippen LogP contribution in [-0.2, 0) is 6.42 Å². The lowest BCUT2D eigenvalue weighted by atomic mass is 10.0. The number of aromatic nitrogens is 2. The highest BCUT2D eigenvalue weighted by atomic mass is 14.9. The molecule has 0 spiro atoms. The molecular weight excluding hydrogens is 330 g/mol. The predicted octanol–water partition coefficient (Wildman–Crippen LogP) is 7.76. The van der Waals surface area contributed by atoms with Gasteiger partial charge in [-0.1, -0.05) is 96.8 Å². The highest BCUT2D eigenvalue weighted by molar-refractivity contribution is 5.22. The van der Waals surface area contributed by atoms with Gasteiger partial charge in [0.15, 0.2) is 0 Å². The highest BCUT2D eigenvalue weighted by Gasteiger charge is 2.12. The molecule has 154 valence electrons. The first-order valence-electron chi connectivity index (χ1n) is 11.6. The minimum absolute atomic E-state index is 0.115. The van der Waals surface area contributed by atoms with Crippen LogP contribution in [0.3, 0.4) is 0 Å². The van der Waals surface area contributed by atoms with Crippen LogP contribution in [0.5, 0.6) is 0 Å². The summed E-state index contributed by atoms with van der Waals surface area (Å²) >= 11 is 0. The normalized spacial score (nSPS) is 12.2. The Morgan fingerprint density at radius 2 is 1.26 bits per heavy atom. The first-order chi connectivity index (χ1) is 13.2. The van der Waals surface area contributed by atoms with E-state index in [4.69, 9.17) is 5.26 Å². The summed E-state index contributed by atoms with van der Waals surface area (Å²) in [5.41, 5.74) is 1.98. The maximum atomic E-state index is 9.03. The Hall–Kier alpha value is -1.30. The van der Waals surface area contributed by atoms with Crippen LogP contribution in [0.2, 0.25) is 0 Å². The van der Waals surface area contributed by atoms with Gasteiger partial charge in [-0.3, -0.25) is 0 Å². The molecule has 27 heavy (non-hydrogen) atoms. The van der Waals surface area contributed by atoms with Crippen LogP contribution in [0.4, 0.5) is 0 Å². The van der Waals surface area contributed by atoms with Gasteiger partial charge in [-0.25, -0.2) is 4.98 Å². The third-order valence-corrected chi connectivity index (χ3v) is 5.59. The van der Waals surface area contributed by atoms with Gasteiger partial charge < -0.3 is 4.98 Å². The lowest BCUT2D eigenvalue weighted by molar-refractivity contribution is 0.531. The van der Waals surface area contributed by atoms with Crippen molar-refractivity contribution < 1.29 is 0 Å². The van der Waals surface area contributed by atoms with Crippen LogP contribution in [0, 0.1) is 18.3 Å². The van der Waals surface area contributed by atoms with Crippen LogP contribution in [0.25, 0.3) is 0 Å². The number of aromatic amines is 1. The van der Waals surface area contributed by atoms with Gasteiger partial charge in [0, 0.05) is 12.1 Å². The van der Waals surface area contributed by atoms with Crippen molar-refractivity contribution >= 4 is 0 Å². The monoisotopic (exact) mass is 373 g/mol. The summed E-state index contributed by atoms with van der Waals surface area (Å²) in [4.78, 5) is 7.95. The highest BCUT2D eigenvalue weighted by Crippen LogP contribution is 2.18. The van der Waals surface area contributed by atoms with Gasteiger partial charge in [-0.05, 0) is 20.3 Å². The number of hydrogen-bond donors (Lipinski definition) is 1. The molecule has 1 aromatic heterocycles. The molecule has 1 rings (SSSR count). The molecule has 0 fully saturated rings. The van der Waals surface area contributed by atoms with E-state index in [9.17, 15) is 0 Å². The van der Waals surface area contributed by atoms with Crippen molar-refractivity contribution in [1.29, 1.82) is 5.26 Å². The summed E-state index contributed by atoms with van der Waals surface area (Å²) < 4.78 is 0. The summed E-state index contributed by atoms with van der Waals surface area (Å²) in [6, 6.07) is 2.27. The lowest BCUT2D eigenvalue weighted by Crippen LogP contribution is -1.93. The minimum atomic E-state index is -0.115. The molecule has 3 nitrogen and oxygen atoms in total. The fraction of sp³-hybridized carbons (Fsp3) is 0.833. The summed E-state index contributed by atoms with van der Waals surface area (Å²) in [6.45, 7) is 6.22. The molecule has 0 aromatic carbocycles. The third kappa shape index (κ3) is 11.2. The van der Waals surface area contributed by atoms with E-state index in [1.807, 2.05) is 13.8 Å². The summed E-state index contributed by atoms with van der Waals surface area (Å²) in [6.07, 6.45) is 21.9. The van der Waals surface area contributed by atoms with E-state index < -0.39 is 0 Å². The second-order valence-electron chi connectivity index (χ2n) is 8.24. The van der Waals surface area contributed by atoms with Gasteiger partial charge in [-0.15, -0.1) is 0 Å². The Morgan fingerprint density at radius 1 is 0.815 bits per heavy atom. The summed E-state index contributed by atoms with van der Waals surface area (Å²) in [5, 5.41) is 9.03. The molecular formula is C24H43N3. The Kier molecular flexibility index (Phi) is 13.8. The van der Waals surface area contributed by atoms with Gasteiger partial charge in [0.25, 0.3) is 0 Å². The predicted molar refractivity (Wildman–Crippen MR) is 116 cm³/mol. The smallest absolute Gasteiger partial charge is 0.106 e. The summed E-state index contributed by atoms with van der Waals surface area (Å²) in [5.74, 6) is 0.940. The minimum Gasteiger partial charge on any atom is -0.346 e. The molecule has 0 saturated heterocycles. The number of nitrogens with one attached hydrogen (secondary N) is 1. The number of nitrogens with zero attached hydrogens (tertiary/aromatic N) is 2. The number of nitriles is 1. The topological polar surface area (TPSA) is 52.5 Å². The van der Waals surface area contributed by atoms with Crippen molar-refractivity contribution in [3.05, 3.63) is 17.2 Å². The van der Waals surface area contributed by atoms with Crippen molar-refractivity contribution in [2.75, 3.05) is 0 Å². The average molecular weight is 374 g/mol. The number of hydrogen-bond acceptors (Lipinski definition) is 2. The maximum Gasteiger partial charge on any atom is 0.106 e. The van der Waals surface area contributed by atoms with E-state index in [1.165, 1.54) is 96.3 Å². The van der Waals surface area contributed by atoms with Gasteiger partial charge >= 0.3 is 0 Å². The molecule has 0 bridgehead atoms. The van der Waals surface area contributed by atoms with E-state index in [0.29, 0.717) is 0 Å². The van der Waals surface area contributed by atoms with Gasteiger partial charge in [0.1, 0.15) is 5.82 Å². The van der Waals surface area contributed by atoms with Crippen LogP contribution < -0.4 is 0 Å². The average Bonchev–Trinajstić information content (AvgIpc) is 3.04. The number of unbranched alkanes of at least 4 members (excludes halogenated alkanes) is 14. The number of rotatable bonds is 17. The molecule has 1 unspecified atom stereocenters. The molecule has 1 atom stereocenters. The van der Waals surface area contributed by atoms with Crippen LogP contribution in [0.1, 0.15) is 133 Å². The summed E-state index contributed by atoms with van der Waals surface area (Å²) in [7, 11) is 0. The maximum absolute atomic E-state index is 9.03. The van der Waals surface area contributed by atoms with Crippen molar-refractivity contribution in [3.63, 3.8) is 0 Å². The molecule has 0 aliphatic rings. The van der Waals surface area contributed by atoms with Crippen LogP contribution in [-0.4, -0.2) is 9.97 Å². The Labute approximate surface area is 168 Å². The van der Waals surface area contributed by atoms with Crippen LogP contribution >= 0.6 is 0 Å². The first kappa shape index (κ1) is 23.7. The zero-order valence-electron chi connectivity index (χ0n) is 18.3. The third-order valence-electron chi connectivity index (χ3n) is 5.59. The Bertz CT molecular complexity index is 512. The van der Waals surface area contributed by atoms with E-state index in [1.54, 1.807) is 0 Å². The van der Waals surface area contributed by atoms with E-state index in [0.717, 1.165) is 23.6 Å². The van der Waals surface area contributed by atoms with Gasteiger partial charge in [-0.2, -0.15) is 5.26 Å². The fourth-order valence-corrected chi connectivity index (χ4v) is 3.80. The molecule has 0 aliphatic heterocycles. The number of imidazole rings is 1. The second kappa shape index (κ2) is 15.7. The largest absolute Gasteiger partial charge is 0.346 e. The van der Waals surface area contributed by atoms with Gasteiger partial charge in [0.2, 0.25) is 0 Å². The number of aryl methyl sites for hydroxylation is 2. The first-order valence-corrected chi connectivity index (χ1v) is 11.6. The van der Waals surface area contributed by atoms with Crippen molar-refractivity contribution in [2.45, 2.75) is 129 Å². The molecule has 1 heterocycles. The molecule has 1 aromatic rings. The molecule has 0 radical (unpaired) electrons. The Balaban J connectivity index is 1.89. The second-order valence-corrected chi connectivity index (χ2v) is 8.24. The zero-order valence-corrected chi connectivity index (χ0v) is 18.3. The fourth-order valence-electron chi connectivity index (χ4n) is 3.80. The molecule has 3 heteroatoms. The van der Waals surface area contributed by atoms with E-state index in [2.05, 4.69) is 23.0 Å². The van der Waals surface area contributed by atoms with Crippen molar-refractivity contribution in [2.24, 2.45) is 0 Å². The lowest BCUT2D eigenvalue weighted by Gasteiger charge is -2.03. The molecule has 0 amide bonds. The molecule has 0 saturated carbocycles. The molecule has 1 N–H and O–H groups in total. The zero-order chi connectivity index (χ0) is 19.7. The van der Waals surface area contributed by atoms with Gasteiger partial charge in [0.05, 0.1) is 17.7 Å². The standard InChI is InChI=1S/C24H43N3/c1-4-5-6-7-8-9-10-11-12-13-14-15-16-17-18-19-23-26-22(3)24(27-23)21(2)20-25/h21H,4-19H2,1-3H3,(H,26,27). The molecule has 0 aliphatic carbocycles. The van der Waals surface area contributed by atoms with Crippen LogP contribution in [0.15, 0.2) is 0 Å².